The predicted molar refractivity (Wildman–Crippen MR) is 282 cm³/mol. The minimum Gasteiger partial charge on any atom is -0.394 e. The van der Waals surface area contributed by atoms with Gasteiger partial charge in [0.05, 0.1) is 38.6 Å². The molecule has 0 aromatic rings. The Labute approximate surface area is 449 Å². The normalized spacial score (nSPS) is 31.1. The molecular formula is C56H107NO18. The van der Waals surface area contributed by atoms with Crippen LogP contribution < -0.4 is 5.32 Å². The molecule has 444 valence electrons. The molecule has 3 aliphatic rings. The molecule has 0 aromatic heterocycles. The van der Waals surface area contributed by atoms with Crippen molar-refractivity contribution in [2.75, 3.05) is 26.4 Å². The van der Waals surface area contributed by atoms with Gasteiger partial charge in [-0.25, -0.2) is 0 Å². The molecule has 17 atom stereocenters. The Morgan fingerprint density at radius 1 is 0.427 bits per heavy atom. The van der Waals surface area contributed by atoms with Crippen molar-refractivity contribution >= 4 is 5.91 Å². The van der Waals surface area contributed by atoms with Gasteiger partial charge in [0.2, 0.25) is 5.91 Å². The number of hydrogen-bond donors (Lipinski definition) is 12. The topological polar surface area (TPSA) is 307 Å². The molecule has 0 radical (unpaired) electrons. The SMILES string of the molecule is CCCCCCCCCCCCCCCCCCC(=O)NC(COC1OC(CO)C(OC2OC(CO)C(OC3OC(CO)C(O)C(O)C3O)C(O)C2O)C(O)C1O)C(O)CCCCCCCCCCCCCCCC. The van der Waals surface area contributed by atoms with Crippen molar-refractivity contribution in [3.8, 4) is 0 Å². The molecule has 3 aliphatic heterocycles. The molecule has 3 heterocycles. The summed E-state index contributed by atoms with van der Waals surface area (Å²) >= 11 is 0. The van der Waals surface area contributed by atoms with Gasteiger partial charge in [-0.1, -0.05) is 200 Å². The number of amides is 1. The molecule has 75 heavy (non-hydrogen) atoms. The standard InChI is InChI=1S/C56H107NO18/c1-3-5-7-9-11-13-15-17-19-20-22-24-26-28-30-32-34-44(62)57-39(40(61)33-31-29-27-25-23-21-18-16-14-12-10-8-6-4-2)38-70-54-50(68)47(65)52(42(36-59)72-54)75-56-51(69)48(66)53(43(37-60)73-56)74-55-49(67)46(64)45(63)41(35-58)71-55/h39-43,45-56,58-61,63-69H,3-38H2,1-2H3,(H,57,62). The molecule has 0 spiro atoms. The molecule has 19 heteroatoms. The van der Waals surface area contributed by atoms with Crippen LogP contribution in [0.4, 0.5) is 0 Å². The zero-order valence-electron chi connectivity index (χ0n) is 46.0. The average Bonchev–Trinajstić information content (AvgIpc) is 3.41. The van der Waals surface area contributed by atoms with Gasteiger partial charge in [0, 0.05) is 6.42 Å². The average molecular weight is 1080 g/mol. The van der Waals surface area contributed by atoms with Gasteiger partial charge in [0.15, 0.2) is 18.9 Å². The lowest BCUT2D eigenvalue weighted by molar-refractivity contribution is -0.379. The molecule has 0 bridgehead atoms. The van der Waals surface area contributed by atoms with Crippen molar-refractivity contribution in [3.05, 3.63) is 0 Å². The second-order valence-electron chi connectivity index (χ2n) is 21.8. The quantitative estimate of drug-likeness (QED) is 0.0364. The van der Waals surface area contributed by atoms with Crippen molar-refractivity contribution in [1.82, 2.24) is 5.32 Å². The number of carbonyl (C=O) groups is 1. The third-order valence-electron chi connectivity index (χ3n) is 15.4. The van der Waals surface area contributed by atoms with Gasteiger partial charge in [-0.05, 0) is 12.8 Å². The molecule has 0 saturated carbocycles. The van der Waals surface area contributed by atoms with Crippen LogP contribution in [-0.2, 0) is 33.2 Å². The number of ether oxygens (including phenoxy) is 6. The lowest BCUT2D eigenvalue weighted by atomic mass is 9.96. The Kier molecular flexibility index (Phi) is 37.1. The highest BCUT2D eigenvalue weighted by atomic mass is 16.8. The number of unbranched alkanes of at least 4 members (excludes halogenated alkanes) is 28. The van der Waals surface area contributed by atoms with Crippen molar-refractivity contribution < 1.29 is 89.4 Å². The van der Waals surface area contributed by atoms with Crippen LogP contribution in [0, 0.1) is 0 Å². The molecule has 0 aromatic carbocycles. The number of nitrogens with one attached hydrogen (secondary N) is 1. The van der Waals surface area contributed by atoms with E-state index in [1.807, 2.05) is 0 Å². The largest absolute Gasteiger partial charge is 0.394 e. The predicted octanol–water partition coefficient (Wildman–Crippen LogP) is 4.82. The minimum absolute atomic E-state index is 0.240. The summed E-state index contributed by atoms with van der Waals surface area (Å²) in [6, 6.07) is -0.879. The van der Waals surface area contributed by atoms with E-state index in [1.54, 1.807) is 0 Å². The van der Waals surface area contributed by atoms with Gasteiger partial charge in [-0.15, -0.1) is 0 Å². The number of aliphatic hydroxyl groups excluding tert-OH is 11. The van der Waals surface area contributed by atoms with Crippen LogP contribution in [0.2, 0.25) is 0 Å². The zero-order chi connectivity index (χ0) is 54.8. The lowest BCUT2D eigenvalue weighted by Gasteiger charge is -2.48. The Balaban J connectivity index is 1.50. The first-order valence-corrected chi connectivity index (χ1v) is 29.8. The van der Waals surface area contributed by atoms with E-state index in [1.165, 1.54) is 141 Å². The van der Waals surface area contributed by atoms with Crippen molar-refractivity contribution in [3.63, 3.8) is 0 Å². The van der Waals surface area contributed by atoms with E-state index in [2.05, 4.69) is 19.2 Å². The summed E-state index contributed by atoms with van der Waals surface area (Å²) in [6.45, 7) is 1.80. The maximum absolute atomic E-state index is 13.3. The first kappa shape index (κ1) is 68.1. The molecule has 3 rings (SSSR count). The summed E-state index contributed by atoms with van der Waals surface area (Å²) in [5.41, 5.74) is 0. The van der Waals surface area contributed by atoms with E-state index < -0.39 is 124 Å². The molecule has 12 N–H and O–H groups in total. The summed E-state index contributed by atoms with van der Waals surface area (Å²) in [4.78, 5) is 13.3. The van der Waals surface area contributed by atoms with Crippen LogP contribution in [0.3, 0.4) is 0 Å². The Bertz CT molecular complexity index is 1390. The number of hydrogen-bond acceptors (Lipinski definition) is 18. The Morgan fingerprint density at radius 2 is 0.760 bits per heavy atom. The molecule has 3 saturated heterocycles. The Morgan fingerprint density at radius 3 is 1.16 bits per heavy atom. The van der Waals surface area contributed by atoms with E-state index in [0.717, 1.165) is 44.9 Å². The fourth-order valence-electron chi connectivity index (χ4n) is 10.5. The monoisotopic (exact) mass is 1080 g/mol. The van der Waals surface area contributed by atoms with Crippen LogP contribution in [0.1, 0.15) is 219 Å². The summed E-state index contributed by atoms with van der Waals surface area (Å²) in [5, 5.41) is 120. The summed E-state index contributed by atoms with van der Waals surface area (Å²) in [5.74, 6) is -0.240. The molecule has 19 nitrogen and oxygen atoms in total. The van der Waals surface area contributed by atoms with Gasteiger partial charge in [-0.3, -0.25) is 4.79 Å². The first-order valence-electron chi connectivity index (χ1n) is 29.8. The highest BCUT2D eigenvalue weighted by Gasteiger charge is 2.53. The molecule has 3 fully saturated rings. The van der Waals surface area contributed by atoms with Crippen LogP contribution in [0.5, 0.6) is 0 Å². The van der Waals surface area contributed by atoms with Crippen LogP contribution in [-0.4, -0.2) is 193 Å². The minimum atomic E-state index is -1.97. The number of rotatable bonds is 44. The van der Waals surface area contributed by atoms with E-state index in [-0.39, 0.29) is 18.9 Å². The molecule has 17 unspecified atom stereocenters. The number of carbonyl (C=O) groups excluding carboxylic acids is 1. The summed E-state index contributed by atoms with van der Waals surface area (Å²) in [6.07, 6.45) is 10.4. The molecule has 0 aliphatic carbocycles. The van der Waals surface area contributed by atoms with Crippen molar-refractivity contribution in [1.29, 1.82) is 0 Å². The Hall–Kier alpha value is -1.21. The van der Waals surface area contributed by atoms with E-state index in [4.69, 9.17) is 28.4 Å². The van der Waals surface area contributed by atoms with Gasteiger partial charge < -0.3 is 89.9 Å². The van der Waals surface area contributed by atoms with Crippen LogP contribution >= 0.6 is 0 Å². The van der Waals surface area contributed by atoms with E-state index >= 15 is 0 Å². The highest BCUT2D eigenvalue weighted by molar-refractivity contribution is 5.76. The highest BCUT2D eigenvalue weighted by Crippen LogP contribution is 2.33. The van der Waals surface area contributed by atoms with E-state index in [0.29, 0.717) is 12.8 Å². The maximum Gasteiger partial charge on any atom is 0.220 e. The van der Waals surface area contributed by atoms with Gasteiger partial charge in [-0.2, -0.15) is 0 Å². The fourth-order valence-corrected chi connectivity index (χ4v) is 10.5. The summed E-state index contributed by atoms with van der Waals surface area (Å²) in [7, 11) is 0. The van der Waals surface area contributed by atoms with E-state index in [9.17, 15) is 61.0 Å². The third-order valence-corrected chi connectivity index (χ3v) is 15.4. The van der Waals surface area contributed by atoms with Crippen molar-refractivity contribution in [2.24, 2.45) is 0 Å². The second kappa shape index (κ2) is 40.9. The van der Waals surface area contributed by atoms with Crippen LogP contribution in [0.15, 0.2) is 0 Å². The third kappa shape index (κ3) is 25.4. The van der Waals surface area contributed by atoms with Gasteiger partial charge in [0.25, 0.3) is 0 Å². The molecule has 1 amide bonds. The fraction of sp³-hybridized carbons (Fsp3) is 0.982. The van der Waals surface area contributed by atoms with Gasteiger partial charge >= 0.3 is 0 Å². The molecular weight excluding hydrogens is 975 g/mol. The smallest absolute Gasteiger partial charge is 0.220 e. The van der Waals surface area contributed by atoms with Crippen molar-refractivity contribution in [2.45, 2.75) is 324 Å². The lowest BCUT2D eigenvalue weighted by Crippen LogP contribution is -2.66. The summed E-state index contributed by atoms with van der Waals surface area (Å²) < 4.78 is 34.3. The van der Waals surface area contributed by atoms with Gasteiger partial charge in [0.1, 0.15) is 73.2 Å². The first-order chi connectivity index (χ1) is 36.3. The zero-order valence-corrected chi connectivity index (χ0v) is 46.0. The van der Waals surface area contributed by atoms with Crippen LogP contribution in [0.25, 0.3) is 0 Å². The second-order valence-corrected chi connectivity index (χ2v) is 21.8. The maximum atomic E-state index is 13.3. The number of aliphatic hydroxyl groups is 11.